The molecule has 0 saturated carbocycles. The molecular weight excluding hydrogens is 373 g/mol. The van der Waals surface area contributed by atoms with Crippen molar-refractivity contribution < 1.29 is 0 Å². The number of hydrogen-bond acceptors (Lipinski definition) is 1. The lowest BCUT2D eigenvalue weighted by atomic mass is 10.1. The molecule has 0 atom stereocenters. The van der Waals surface area contributed by atoms with Gasteiger partial charge in [0, 0.05) is 14.6 Å². The highest BCUT2D eigenvalue weighted by atomic mass is 127. The monoisotopic (exact) mass is 387 g/mol. The van der Waals surface area contributed by atoms with Crippen molar-refractivity contribution in [3.8, 4) is 0 Å². The van der Waals surface area contributed by atoms with E-state index in [1.807, 2.05) is 48.5 Å². The number of nitrogens with one attached hydrogen (secondary N) is 3. The maximum absolute atomic E-state index is 8.11. The van der Waals surface area contributed by atoms with Gasteiger partial charge in [0.15, 0.2) is 5.96 Å². The van der Waals surface area contributed by atoms with Gasteiger partial charge in [0.1, 0.15) is 0 Å². The zero-order valence-electron chi connectivity index (χ0n) is 11.2. The normalized spacial score (nSPS) is 10.3. The zero-order chi connectivity index (χ0) is 14.7. The van der Waals surface area contributed by atoms with Crippen LogP contribution >= 0.6 is 22.6 Å². The molecule has 3 rings (SSSR count). The fourth-order valence-corrected chi connectivity index (χ4v) is 2.72. The molecule has 21 heavy (non-hydrogen) atoms. The average molecular weight is 387 g/mol. The van der Waals surface area contributed by atoms with E-state index in [0.717, 1.165) is 25.7 Å². The molecule has 0 radical (unpaired) electrons. The van der Waals surface area contributed by atoms with Gasteiger partial charge in [-0.3, -0.25) is 5.41 Å². The quantitative estimate of drug-likeness (QED) is 0.333. The topological polar surface area (TPSA) is 47.9 Å². The molecule has 3 aromatic rings. The van der Waals surface area contributed by atoms with E-state index < -0.39 is 0 Å². The minimum absolute atomic E-state index is 0.260. The third-order valence-electron chi connectivity index (χ3n) is 3.18. The first kappa shape index (κ1) is 13.9. The average Bonchev–Trinajstić information content (AvgIpc) is 2.50. The summed E-state index contributed by atoms with van der Waals surface area (Å²) in [5.74, 6) is 0.260. The lowest BCUT2D eigenvalue weighted by Crippen LogP contribution is -2.21. The smallest absolute Gasteiger partial charge is 0.197 e. The highest BCUT2D eigenvalue weighted by Gasteiger charge is 2.04. The first-order valence-corrected chi connectivity index (χ1v) is 7.67. The number of anilines is 2. The molecule has 4 heteroatoms. The van der Waals surface area contributed by atoms with E-state index in [1.165, 1.54) is 0 Å². The van der Waals surface area contributed by atoms with E-state index >= 15 is 0 Å². The van der Waals surface area contributed by atoms with Crippen LogP contribution in [0.3, 0.4) is 0 Å². The highest BCUT2D eigenvalue weighted by molar-refractivity contribution is 14.1. The molecule has 0 heterocycles. The van der Waals surface area contributed by atoms with Crippen molar-refractivity contribution in [1.29, 1.82) is 5.41 Å². The number of hydrogen-bond donors (Lipinski definition) is 3. The second kappa shape index (κ2) is 6.13. The summed E-state index contributed by atoms with van der Waals surface area (Å²) >= 11 is 2.25. The number of halogens is 1. The summed E-state index contributed by atoms with van der Waals surface area (Å²) in [5, 5.41) is 16.6. The Morgan fingerprint density at radius 1 is 0.762 bits per heavy atom. The highest BCUT2D eigenvalue weighted by Crippen LogP contribution is 2.23. The number of benzene rings is 3. The Hall–Kier alpha value is -2.08. The number of fused-ring (bicyclic) bond motifs is 1. The van der Waals surface area contributed by atoms with Crippen LogP contribution in [0.1, 0.15) is 0 Å². The SMILES string of the molecule is N=C(Nc1ccccc1I)Nc1cccc2ccccc12. The molecule has 3 N–H and O–H groups in total. The third kappa shape index (κ3) is 3.16. The summed E-state index contributed by atoms with van der Waals surface area (Å²) in [6, 6.07) is 22.1. The van der Waals surface area contributed by atoms with Gasteiger partial charge in [-0.05, 0) is 46.2 Å². The fourth-order valence-electron chi connectivity index (χ4n) is 2.20. The molecular formula is C17H14IN3. The van der Waals surface area contributed by atoms with Gasteiger partial charge >= 0.3 is 0 Å². The van der Waals surface area contributed by atoms with Crippen LogP contribution in [0.15, 0.2) is 66.7 Å². The van der Waals surface area contributed by atoms with E-state index in [4.69, 9.17) is 5.41 Å². The van der Waals surface area contributed by atoms with E-state index in [-0.39, 0.29) is 5.96 Å². The van der Waals surface area contributed by atoms with E-state index in [9.17, 15) is 0 Å². The van der Waals surface area contributed by atoms with E-state index in [0.29, 0.717) is 0 Å². The summed E-state index contributed by atoms with van der Waals surface area (Å²) in [4.78, 5) is 0. The lowest BCUT2D eigenvalue weighted by molar-refractivity contribution is 1.43. The molecule has 0 aromatic heterocycles. The number of rotatable bonds is 2. The van der Waals surface area contributed by atoms with Crippen molar-refractivity contribution in [2.75, 3.05) is 10.6 Å². The first-order chi connectivity index (χ1) is 10.2. The van der Waals surface area contributed by atoms with Crippen LogP contribution in [-0.4, -0.2) is 5.96 Å². The molecule has 0 aliphatic rings. The molecule has 0 amide bonds. The van der Waals surface area contributed by atoms with Crippen LogP contribution in [0.5, 0.6) is 0 Å². The van der Waals surface area contributed by atoms with Crippen molar-refractivity contribution in [1.82, 2.24) is 0 Å². The molecule has 0 unspecified atom stereocenters. The molecule has 0 aliphatic carbocycles. The van der Waals surface area contributed by atoms with Crippen LogP contribution in [0.25, 0.3) is 10.8 Å². The molecule has 3 nitrogen and oxygen atoms in total. The second-order valence-electron chi connectivity index (χ2n) is 4.63. The minimum atomic E-state index is 0.260. The van der Waals surface area contributed by atoms with Crippen LogP contribution in [0, 0.1) is 8.98 Å². The van der Waals surface area contributed by atoms with Crippen LogP contribution in [-0.2, 0) is 0 Å². The lowest BCUT2D eigenvalue weighted by Gasteiger charge is -2.13. The summed E-state index contributed by atoms with van der Waals surface area (Å²) < 4.78 is 1.08. The molecule has 0 saturated heterocycles. The Morgan fingerprint density at radius 2 is 1.38 bits per heavy atom. The van der Waals surface area contributed by atoms with E-state index in [2.05, 4.69) is 51.4 Å². The van der Waals surface area contributed by atoms with Gasteiger partial charge in [-0.2, -0.15) is 0 Å². The van der Waals surface area contributed by atoms with Gasteiger partial charge in [-0.15, -0.1) is 0 Å². The first-order valence-electron chi connectivity index (χ1n) is 6.59. The summed E-state index contributed by atoms with van der Waals surface area (Å²) in [6.07, 6.45) is 0. The Bertz CT molecular complexity index is 793. The predicted octanol–water partition coefficient (Wildman–Crippen LogP) is 4.90. The third-order valence-corrected chi connectivity index (χ3v) is 4.12. The van der Waals surface area contributed by atoms with Gasteiger partial charge < -0.3 is 10.6 Å². The van der Waals surface area contributed by atoms with Gasteiger partial charge in [-0.25, -0.2) is 0 Å². The van der Waals surface area contributed by atoms with Gasteiger partial charge in [0.25, 0.3) is 0 Å². The van der Waals surface area contributed by atoms with Crippen LogP contribution in [0.2, 0.25) is 0 Å². The zero-order valence-corrected chi connectivity index (χ0v) is 13.4. The maximum Gasteiger partial charge on any atom is 0.197 e. The molecule has 0 fully saturated rings. The van der Waals surface area contributed by atoms with Crippen molar-refractivity contribution >= 4 is 50.7 Å². The second-order valence-corrected chi connectivity index (χ2v) is 5.79. The van der Waals surface area contributed by atoms with Gasteiger partial charge in [0.2, 0.25) is 0 Å². The largest absolute Gasteiger partial charge is 0.326 e. The fraction of sp³-hybridized carbons (Fsp3) is 0. The Balaban J connectivity index is 1.82. The number of guanidine groups is 1. The van der Waals surface area contributed by atoms with Gasteiger partial charge in [-0.1, -0.05) is 48.5 Å². The summed E-state index contributed by atoms with van der Waals surface area (Å²) in [6.45, 7) is 0. The van der Waals surface area contributed by atoms with E-state index in [1.54, 1.807) is 0 Å². The molecule has 0 spiro atoms. The minimum Gasteiger partial charge on any atom is -0.326 e. The maximum atomic E-state index is 8.11. The van der Waals surface area contributed by atoms with Gasteiger partial charge in [0.05, 0.1) is 5.69 Å². The van der Waals surface area contributed by atoms with Crippen molar-refractivity contribution in [3.05, 3.63) is 70.3 Å². The number of para-hydroxylation sites is 1. The Morgan fingerprint density at radius 3 is 2.24 bits per heavy atom. The molecule has 104 valence electrons. The summed E-state index contributed by atoms with van der Waals surface area (Å²) in [5.41, 5.74) is 1.85. The van der Waals surface area contributed by atoms with Crippen LogP contribution < -0.4 is 10.6 Å². The van der Waals surface area contributed by atoms with Crippen molar-refractivity contribution in [2.45, 2.75) is 0 Å². The standard InChI is InChI=1S/C17H14IN3/c18-14-9-3-4-10-16(14)21-17(19)20-15-11-5-7-12-6-1-2-8-13(12)15/h1-11H,(H3,19,20,21). The van der Waals surface area contributed by atoms with Crippen LogP contribution in [0.4, 0.5) is 11.4 Å². The predicted molar refractivity (Wildman–Crippen MR) is 98.1 cm³/mol. The van der Waals surface area contributed by atoms with Crippen molar-refractivity contribution in [3.63, 3.8) is 0 Å². The summed E-state index contributed by atoms with van der Waals surface area (Å²) in [7, 11) is 0. The van der Waals surface area contributed by atoms with Crippen molar-refractivity contribution in [2.24, 2.45) is 0 Å². The molecule has 0 aliphatic heterocycles. The Kier molecular flexibility index (Phi) is 4.06. The molecule has 0 bridgehead atoms. The molecule has 3 aromatic carbocycles. The Labute approximate surface area is 137 Å².